The van der Waals surface area contributed by atoms with Crippen molar-refractivity contribution in [1.82, 2.24) is 9.97 Å². The number of rotatable bonds is 4. The lowest BCUT2D eigenvalue weighted by Gasteiger charge is -2.05. The standard InChI is InChI=1S/C16H11F3N2O2S/c1-7-9(4-13(22)23)2-8(6-20-7)3-12-21-15-14(19)10(17)5-11(18)16(15)24-12/h2,5-6H,3-4H2,1H3,(H,22,23). The number of hydrogen-bond donors (Lipinski definition) is 1. The predicted molar refractivity (Wildman–Crippen MR) is 82.6 cm³/mol. The van der Waals surface area contributed by atoms with Gasteiger partial charge >= 0.3 is 5.97 Å². The third-order valence-corrected chi connectivity index (χ3v) is 4.57. The molecule has 0 saturated heterocycles. The monoisotopic (exact) mass is 352 g/mol. The van der Waals surface area contributed by atoms with Crippen molar-refractivity contribution < 1.29 is 23.1 Å². The van der Waals surface area contributed by atoms with Gasteiger partial charge in [0.05, 0.1) is 16.1 Å². The minimum absolute atomic E-state index is 0.0465. The molecule has 0 amide bonds. The number of aliphatic carboxylic acids is 1. The third-order valence-electron chi connectivity index (χ3n) is 3.50. The lowest BCUT2D eigenvalue weighted by atomic mass is 10.1. The van der Waals surface area contributed by atoms with Gasteiger partial charge in [0.15, 0.2) is 11.6 Å². The number of aryl methyl sites for hydroxylation is 1. The normalized spacial score (nSPS) is 11.2. The molecule has 0 spiro atoms. The molecule has 2 aromatic heterocycles. The molecule has 1 aromatic carbocycles. The zero-order valence-corrected chi connectivity index (χ0v) is 13.3. The van der Waals surface area contributed by atoms with E-state index < -0.39 is 23.4 Å². The van der Waals surface area contributed by atoms with Crippen molar-refractivity contribution in [3.05, 3.63) is 57.6 Å². The summed E-state index contributed by atoms with van der Waals surface area (Å²) in [6.07, 6.45) is 1.61. The van der Waals surface area contributed by atoms with Gasteiger partial charge in [-0.1, -0.05) is 6.07 Å². The van der Waals surface area contributed by atoms with Crippen molar-refractivity contribution in [2.75, 3.05) is 0 Å². The van der Waals surface area contributed by atoms with Crippen LogP contribution in [0.1, 0.15) is 21.8 Å². The fourth-order valence-electron chi connectivity index (χ4n) is 2.35. The lowest BCUT2D eigenvalue weighted by molar-refractivity contribution is -0.136. The van der Waals surface area contributed by atoms with Crippen molar-refractivity contribution in [2.45, 2.75) is 19.8 Å². The summed E-state index contributed by atoms with van der Waals surface area (Å²) < 4.78 is 40.6. The van der Waals surface area contributed by atoms with Crippen LogP contribution in [0.5, 0.6) is 0 Å². The summed E-state index contributed by atoms with van der Waals surface area (Å²) in [4.78, 5) is 19.0. The van der Waals surface area contributed by atoms with Crippen LogP contribution >= 0.6 is 11.3 Å². The largest absolute Gasteiger partial charge is 0.481 e. The van der Waals surface area contributed by atoms with Gasteiger partial charge in [-0.2, -0.15) is 0 Å². The fourth-order valence-corrected chi connectivity index (χ4v) is 3.35. The molecule has 0 atom stereocenters. The number of carboxylic acid groups (broad SMARTS) is 1. The number of benzene rings is 1. The summed E-state index contributed by atoms with van der Waals surface area (Å²) in [5.41, 5.74) is 1.49. The van der Waals surface area contributed by atoms with Crippen LogP contribution in [0.3, 0.4) is 0 Å². The number of carboxylic acids is 1. The minimum atomic E-state index is -1.28. The summed E-state index contributed by atoms with van der Waals surface area (Å²) in [6.45, 7) is 1.70. The molecule has 0 saturated carbocycles. The first-order valence-electron chi connectivity index (χ1n) is 6.94. The maximum Gasteiger partial charge on any atom is 0.307 e. The number of thiazole rings is 1. The first kappa shape index (κ1) is 16.4. The van der Waals surface area contributed by atoms with Crippen LogP contribution in [0, 0.1) is 24.4 Å². The maximum atomic E-state index is 13.7. The van der Waals surface area contributed by atoms with Crippen LogP contribution in [0.2, 0.25) is 0 Å². The SMILES string of the molecule is Cc1ncc(Cc2nc3c(F)c(F)cc(F)c3s2)cc1CC(=O)O. The van der Waals surface area contributed by atoms with Gasteiger partial charge in [-0.25, -0.2) is 18.2 Å². The molecule has 124 valence electrons. The highest BCUT2D eigenvalue weighted by molar-refractivity contribution is 7.18. The van der Waals surface area contributed by atoms with E-state index in [9.17, 15) is 18.0 Å². The average molecular weight is 352 g/mol. The van der Waals surface area contributed by atoms with E-state index in [2.05, 4.69) is 9.97 Å². The van der Waals surface area contributed by atoms with Crippen molar-refractivity contribution in [3.8, 4) is 0 Å². The number of nitrogens with zero attached hydrogens (tertiary/aromatic N) is 2. The zero-order chi connectivity index (χ0) is 17.4. The van der Waals surface area contributed by atoms with Crippen molar-refractivity contribution in [1.29, 1.82) is 0 Å². The Morgan fingerprint density at radius 3 is 2.71 bits per heavy atom. The molecule has 3 rings (SSSR count). The Hall–Kier alpha value is -2.48. The fraction of sp³-hybridized carbons (Fsp3) is 0.188. The van der Waals surface area contributed by atoms with Gasteiger partial charge in [-0.05, 0) is 18.1 Å². The number of hydrogen-bond acceptors (Lipinski definition) is 4. The number of pyridine rings is 1. The van der Waals surface area contributed by atoms with Gasteiger partial charge in [-0.15, -0.1) is 11.3 Å². The van der Waals surface area contributed by atoms with Gasteiger partial charge in [0.2, 0.25) is 0 Å². The summed E-state index contributed by atoms with van der Waals surface area (Å²) in [5, 5.41) is 9.29. The Morgan fingerprint density at radius 2 is 2.00 bits per heavy atom. The Kier molecular flexibility index (Phi) is 4.23. The Labute approximate surface area is 138 Å². The molecular formula is C16H11F3N2O2S. The van der Waals surface area contributed by atoms with Gasteiger partial charge < -0.3 is 5.11 Å². The maximum absolute atomic E-state index is 13.7. The van der Waals surface area contributed by atoms with Gasteiger partial charge in [0, 0.05) is 24.4 Å². The van der Waals surface area contributed by atoms with Gasteiger partial charge in [0.25, 0.3) is 0 Å². The quantitative estimate of drug-likeness (QED) is 0.728. The predicted octanol–water partition coefficient (Wildman–Crippen LogP) is 3.63. The highest BCUT2D eigenvalue weighted by atomic mass is 32.1. The van der Waals surface area contributed by atoms with E-state index in [0.29, 0.717) is 27.9 Å². The first-order chi connectivity index (χ1) is 11.3. The molecule has 24 heavy (non-hydrogen) atoms. The summed E-state index contributed by atoms with van der Waals surface area (Å²) in [5.74, 6) is -4.29. The molecule has 1 N–H and O–H groups in total. The van der Waals surface area contributed by atoms with Crippen LogP contribution in [0.25, 0.3) is 10.2 Å². The van der Waals surface area contributed by atoms with Crippen LogP contribution < -0.4 is 0 Å². The topological polar surface area (TPSA) is 63.1 Å². The molecule has 3 aromatic rings. The second kappa shape index (κ2) is 6.20. The van der Waals surface area contributed by atoms with Crippen LogP contribution in [0.4, 0.5) is 13.2 Å². The highest BCUT2D eigenvalue weighted by Gasteiger charge is 2.17. The molecule has 8 heteroatoms. The molecule has 4 nitrogen and oxygen atoms in total. The molecule has 0 aliphatic carbocycles. The van der Waals surface area contributed by atoms with Crippen molar-refractivity contribution in [3.63, 3.8) is 0 Å². The van der Waals surface area contributed by atoms with E-state index in [-0.39, 0.29) is 23.1 Å². The molecule has 0 unspecified atom stereocenters. The number of aromatic nitrogens is 2. The van der Waals surface area contributed by atoms with E-state index in [1.807, 2.05) is 0 Å². The summed E-state index contributed by atoms with van der Waals surface area (Å²) in [6, 6.07) is 2.17. The van der Waals surface area contributed by atoms with Gasteiger partial charge in [-0.3, -0.25) is 9.78 Å². The first-order valence-corrected chi connectivity index (χ1v) is 7.76. The second-order valence-electron chi connectivity index (χ2n) is 5.27. The Morgan fingerprint density at radius 1 is 1.25 bits per heavy atom. The number of carbonyl (C=O) groups is 1. The highest BCUT2D eigenvalue weighted by Crippen LogP contribution is 2.30. The Bertz CT molecular complexity index is 956. The number of halogens is 3. The number of fused-ring (bicyclic) bond motifs is 1. The van der Waals surface area contributed by atoms with E-state index >= 15 is 0 Å². The molecular weight excluding hydrogens is 341 g/mol. The summed E-state index contributed by atoms with van der Waals surface area (Å²) in [7, 11) is 0. The molecule has 2 heterocycles. The van der Waals surface area contributed by atoms with E-state index in [1.165, 1.54) is 0 Å². The molecule has 0 aliphatic rings. The van der Waals surface area contributed by atoms with Gasteiger partial charge in [0.1, 0.15) is 11.3 Å². The molecule has 0 radical (unpaired) electrons. The van der Waals surface area contributed by atoms with Crippen LogP contribution in [0.15, 0.2) is 18.3 Å². The molecule has 0 aliphatic heterocycles. The third kappa shape index (κ3) is 3.09. The zero-order valence-electron chi connectivity index (χ0n) is 12.4. The minimum Gasteiger partial charge on any atom is -0.481 e. The van der Waals surface area contributed by atoms with Crippen molar-refractivity contribution in [2.24, 2.45) is 0 Å². The molecule has 0 fully saturated rings. The van der Waals surface area contributed by atoms with Crippen molar-refractivity contribution >= 4 is 27.5 Å². The van der Waals surface area contributed by atoms with E-state index in [0.717, 1.165) is 11.3 Å². The van der Waals surface area contributed by atoms with Crippen LogP contribution in [-0.2, 0) is 17.6 Å². The lowest BCUT2D eigenvalue weighted by Crippen LogP contribution is -2.04. The Balaban J connectivity index is 1.97. The van der Waals surface area contributed by atoms with E-state index in [4.69, 9.17) is 5.11 Å². The van der Waals surface area contributed by atoms with E-state index in [1.54, 1.807) is 19.2 Å². The van der Waals surface area contributed by atoms with Crippen LogP contribution in [-0.4, -0.2) is 21.0 Å². The molecule has 0 bridgehead atoms. The average Bonchev–Trinajstić information content (AvgIpc) is 2.92. The second-order valence-corrected chi connectivity index (χ2v) is 6.36. The summed E-state index contributed by atoms with van der Waals surface area (Å²) >= 11 is 0.929. The smallest absolute Gasteiger partial charge is 0.307 e.